The van der Waals surface area contributed by atoms with Gasteiger partial charge in [-0.05, 0) is 31.2 Å². The average molecular weight is 458 g/mol. The molecule has 1 aromatic heterocycles. The van der Waals surface area contributed by atoms with E-state index in [1.54, 1.807) is 0 Å². The molecular weight excluding hydrogens is 441 g/mol. The second-order valence-corrected chi connectivity index (χ2v) is 7.95. The molecule has 0 aliphatic carbocycles. The summed E-state index contributed by atoms with van der Waals surface area (Å²) >= 11 is 0. The van der Waals surface area contributed by atoms with Crippen molar-refractivity contribution in [2.24, 2.45) is 0 Å². The molecule has 0 saturated heterocycles. The zero-order valence-electron chi connectivity index (χ0n) is 16.1. The minimum atomic E-state index is -4.73. The van der Waals surface area contributed by atoms with E-state index in [2.05, 4.69) is 20.1 Å². The number of nitrogens with one attached hydrogen (secondary N) is 2. The fourth-order valence-electron chi connectivity index (χ4n) is 2.46. The molecule has 3 rings (SSSR count). The Morgan fingerprint density at radius 3 is 2.58 bits per heavy atom. The van der Waals surface area contributed by atoms with E-state index in [1.807, 2.05) is 0 Å². The third kappa shape index (κ3) is 5.13. The van der Waals surface area contributed by atoms with Gasteiger partial charge >= 0.3 is 6.18 Å². The maximum absolute atomic E-state index is 12.5. The predicted molar refractivity (Wildman–Crippen MR) is 104 cm³/mol. The van der Waals surface area contributed by atoms with Crippen LogP contribution in [0.4, 0.5) is 24.7 Å². The summed E-state index contributed by atoms with van der Waals surface area (Å²) in [7, 11) is -3.01. The van der Waals surface area contributed by atoms with Gasteiger partial charge in [0.25, 0.3) is 10.0 Å². The summed E-state index contributed by atoms with van der Waals surface area (Å²) in [5.74, 6) is 0.349. The molecule has 0 amide bonds. The fourth-order valence-corrected chi connectivity index (χ4v) is 3.37. The Balaban J connectivity index is 1.87. The summed E-state index contributed by atoms with van der Waals surface area (Å²) in [6.45, 7) is 0.673. The van der Waals surface area contributed by atoms with E-state index >= 15 is 0 Å². The van der Waals surface area contributed by atoms with Gasteiger partial charge in [-0.15, -0.1) is 0 Å². The Kier molecular flexibility index (Phi) is 6.20. The highest BCUT2D eigenvalue weighted by Crippen LogP contribution is 2.33. The second kappa shape index (κ2) is 8.53. The number of ether oxygens (including phenoxy) is 1. The van der Waals surface area contributed by atoms with Crippen molar-refractivity contribution in [3.8, 4) is 11.5 Å². The lowest BCUT2D eigenvalue weighted by Gasteiger charge is -2.16. The number of hydrogen-bond acceptors (Lipinski definition) is 8. The molecule has 0 bridgehead atoms. The molecule has 1 heterocycles. The molecule has 9 nitrogen and oxygen atoms in total. The van der Waals surface area contributed by atoms with Crippen LogP contribution >= 0.6 is 0 Å². The van der Waals surface area contributed by atoms with Gasteiger partial charge in [0, 0.05) is 17.1 Å². The number of anilines is 2. The first-order valence-corrected chi connectivity index (χ1v) is 10.1. The summed E-state index contributed by atoms with van der Waals surface area (Å²) in [6, 6.07) is 8.18. The Hall–Kier alpha value is -3.16. The number of nitrogens with zero attached hydrogens (tertiary/aromatic N) is 2. The number of benzene rings is 2. The Bertz CT molecular complexity index is 1200. The van der Waals surface area contributed by atoms with Gasteiger partial charge in [0.1, 0.15) is 12.1 Å². The molecule has 166 valence electrons. The predicted octanol–water partition coefficient (Wildman–Crippen LogP) is 3.25. The molecule has 3 N–H and O–H groups in total. The third-order valence-electron chi connectivity index (χ3n) is 4.14. The lowest BCUT2D eigenvalue weighted by Crippen LogP contribution is -2.36. The topological polar surface area (TPSA) is 123 Å². The smallest absolute Gasteiger partial charge is 0.416 e. The molecule has 0 saturated carbocycles. The highest BCUT2D eigenvalue weighted by Gasteiger charge is 2.38. The standard InChI is InChI=1S/C18H17F3N4O5S/c1-10(18(19,20)21)30-25-31(27,28)12-5-3-4-11(6-12)24-17-13-7-16(29-2)15(26)8-14(13)22-9-23-17/h3-10,25-26H,1-2H3,(H,22,23,24). The minimum absolute atomic E-state index is 0.119. The lowest BCUT2D eigenvalue weighted by molar-refractivity contribution is -0.222. The molecule has 0 aliphatic heterocycles. The van der Waals surface area contributed by atoms with Crippen LogP contribution in [0.15, 0.2) is 47.6 Å². The van der Waals surface area contributed by atoms with Crippen molar-refractivity contribution >= 4 is 32.4 Å². The molecule has 0 spiro atoms. The first-order chi connectivity index (χ1) is 14.5. The number of rotatable bonds is 7. The quantitative estimate of drug-likeness (QED) is 0.461. The molecule has 31 heavy (non-hydrogen) atoms. The first kappa shape index (κ1) is 22.5. The van der Waals surface area contributed by atoms with Crippen LogP contribution in [0.3, 0.4) is 0 Å². The number of alkyl halides is 3. The van der Waals surface area contributed by atoms with Crippen molar-refractivity contribution in [1.29, 1.82) is 0 Å². The van der Waals surface area contributed by atoms with E-state index in [4.69, 9.17) is 4.74 Å². The second-order valence-electron chi connectivity index (χ2n) is 6.30. The van der Waals surface area contributed by atoms with Gasteiger partial charge in [-0.1, -0.05) is 11.0 Å². The van der Waals surface area contributed by atoms with Crippen LogP contribution in [-0.2, 0) is 14.9 Å². The average Bonchev–Trinajstić information content (AvgIpc) is 2.71. The number of methoxy groups -OCH3 is 1. The van der Waals surface area contributed by atoms with Gasteiger partial charge in [-0.25, -0.2) is 18.4 Å². The summed E-state index contributed by atoms with van der Waals surface area (Å²) < 4.78 is 67.3. The third-order valence-corrected chi connectivity index (χ3v) is 5.33. The van der Waals surface area contributed by atoms with Crippen LogP contribution in [0.5, 0.6) is 11.5 Å². The number of phenolic OH excluding ortho intramolecular Hbond substituents is 1. The highest BCUT2D eigenvalue weighted by molar-refractivity contribution is 7.89. The number of phenols is 1. The molecule has 0 fully saturated rings. The number of hydrogen-bond donors (Lipinski definition) is 3. The highest BCUT2D eigenvalue weighted by atomic mass is 32.2. The van der Waals surface area contributed by atoms with Crippen molar-refractivity contribution in [2.75, 3.05) is 12.4 Å². The van der Waals surface area contributed by atoms with Crippen molar-refractivity contribution in [2.45, 2.75) is 24.1 Å². The maximum atomic E-state index is 12.5. The minimum Gasteiger partial charge on any atom is -0.504 e. The van der Waals surface area contributed by atoms with E-state index in [0.717, 1.165) is 0 Å². The zero-order valence-corrected chi connectivity index (χ0v) is 17.0. The van der Waals surface area contributed by atoms with E-state index < -0.39 is 22.3 Å². The molecule has 0 radical (unpaired) electrons. The summed E-state index contributed by atoms with van der Waals surface area (Å²) in [4.78, 5) is 13.5. The van der Waals surface area contributed by atoms with Gasteiger partial charge in [-0.2, -0.15) is 13.2 Å². The van der Waals surface area contributed by atoms with Crippen LogP contribution in [0.25, 0.3) is 10.9 Å². The summed E-state index contributed by atoms with van der Waals surface area (Å²) in [6.07, 6.45) is -5.82. The zero-order chi connectivity index (χ0) is 22.8. The molecule has 0 aliphatic rings. The SMILES string of the molecule is COc1cc2c(Nc3cccc(S(=O)(=O)NOC(C)C(F)(F)F)c3)ncnc2cc1O. The molecule has 3 aromatic rings. The van der Waals surface area contributed by atoms with Crippen LogP contribution in [0.2, 0.25) is 0 Å². The van der Waals surface area contributed by atoms with Crippen molar-refractivity contribution in [1.82, 2.24) is 14.9 Å². The van der Waals surface area contributed by atoms with Crippen LogP contribution < -0.4 is 14.9 Å². The van der Waals surface area contributed by atoms with Crippen LogP contribution in [-0.4, -0.2) is 42.9 Å². The van der Waals surface area contributed by atoms with Crippen LogP contribution in [0.1, 0.15) is 6.92 Å². The van der Waals surface area contributed by atoms with E-state index in [-0.39, 0.29) is 27.9 Å². The number of sulfonamides is 1. The number of halogens is 3. The van der Waals surface area contributed by atoms with Gasteiger partial charge in [0.15, 0.2) is 17.6 Å². The van der Waals surface area contributed by atoms with E-state index in [9.17, 15) is 26.7 Å². The van der Waals surface area contributed by atoms with Crippen molar-refractivity contribution in [3.63, 3.8) is 0 Å². The number of aromatic nitrogens is 2. The van der Waals surface area contributed by atoms with Crippen molar-refractivity contribution in [3.05, 3.63) is 42.7 Å². The number of aromatic hydroxyl groups is 1. The van der Waals surface area contributed by atoms with Crippen LogP contribution in [0, 0.1) is 0 Å². The monoisotopic (exact) mass is 458 g/mol. The Morgan fingerprint density at radius 2 is 1.90 bits per heavy atom. The van der Waals surface area contributed by atoms with Gasteiger partial charge in [0.05, 0.1) is 17.5 Å². The van der Waals surface area contributed by atoms with Crippen molar-refractivity contribution < 1.29 is 36.3 Å². The lowest BCUT2D eigenvalue weighted by atomic mass is 10.2. The summed E-state index contributed by atoms with van der Waals surface area (Å²) in [5, 5.41) is 13.3. The normalized spacial score (nSPS) is 13.2. The molecule has 1 atom stereocenters. The number of fused-ring (bicyclic) bond motifs is 1. The fraction of sp³-hybridized carbons (Fsp3) is 0.222. The molecule has 13 heteroatoms. The molecule has 1 unspecified atom stereocenters. The Morgan fingerprint density at radius 1 is 1.16 bits per heavy atom. The van der Waals surface area contributed by atoms with E-state index in [0.29, 0.717) is 17.8 Å². The van der Waals surface area contributed by atoms with Gasteiger partial charge < -0.3 is 15.2 Å². The Labute approximate surface area is 174 Å². The van der Waals surface area contributed by atoms with Gasteiger partial charge in [0.2, 0.25) is 0 Å². The van der Waals surface area contributed by atoms with E-state index in [1.165, 1.54) is 54.7 Å². The largest absolute Gasteiger partial charge is 0.504 e. The first-order valence-electron chi connectivity index (χ1n) is 8.64. The maximum Gasteiger partial charge on any atom is 0.416 e. The summed E-state index contributed by atoms with van der Waals surface area (Å²) in [5.41, 5.74) is 0.676. The van der Waals surface area contributed by atoms with Gasteiger partial charge in [-0.3, -0.25) is 4.84 Å². The molecular formula is C18H17F3N4O5S. The molecule has 2 aromatic carbocycles.